The molecule has 0 spiro atoms. The first kappa shape index (κ1) is 22.0. The molecule has 6 heteroatoms. The number of nitrogens with one attached hydrogen (secondary N) is 1. The number of hydrogen-bond donors (Lipinski definition) is 1. The number of nitrogens with zero attached hydrogens (tertiary/aromatic N) is 2. The fourth-order valence-corrected chi connectivity index (χ4v) is 4.41. The van der Waals surface area contributed by atoms with Crippen LogP contribution in [0.25, 0.3) is 11.1 Å². The van der Waals surface area contributed by atoms with Crippen LogP contribution < -0.4 is 14.8 Å². The second-order valence-corrected chi connectivity index (χ2v) is 8.71. The Balaban J connectivity index is 1.52. The second kappa shape index (κ2) is 10.9. The molecule has 5 nitrogen and oxygen atoms in total. The summed E-state index contributed by atoms with van der Waals surface area (Å²) in [6.45, 7) is 3.24. The number of halogens is 1. The Morgan fingerprint density at radius 3 is 2.58 bits per heavy atom. The minimum absolute atomic E-state index is 0.321. The monoisotopic (exact) mass is 427 g/mol. The van der Waals surface area contributed by atoms with E-state index in [0.717, 1.165) is 61.2 Å². The Kier molecular flexibility index (Phi) is 7.73. The number of ether oxygens (including phenoxy) is 2. The van der Waals surface area contributed by atoms with E-state index >= 15 is 0 Å². The third-order valence-corrected chi connectivity index (χ3v) is 6.26. The van der Waals surface area contributed by atoms with Gasteiger partial charge in [0.2, 0.25) is 5.88 Å². The Bertz CT molecular complexity index is 824. The summed E-state index contributed by atoms with van der Waals surface area (Å²) in [5.41, 5.74) is 3.02. The molecule has 1 aromatic carbocycles. The van der Waals surface area contributed by atoms with Gasteiger partial charge in [0, 0.05) is 18.2 Å². The van der Waals surface area contributed by atoms with E-state index in [1.165, 1.54) is 19.3 Å². The van der Waals surface area contributed by atoms with Gasteiger partial charge in [-0.3, -0.25) is 0 Å². The topological polar surface area (TPSA) is 56.3 Å². The maximum absolute atomic E-state index is 14.2. The molecule has 1 aromatic heterocycles. The summed E-state index contributed by atoms with van der Waals surface area (Å²) in [6.07, 6.45) is 8.57. The average molecular weight is 428 g/mol. The van der Waals surface area contributed by atoms with Crippen molar-refractivity contribution in [2.24, 2.45) is 0 Å². The van der Waals surface area contributed by atoms with Crippen molar-refractivity contribution in [3.8, 4) is 22.8 Å². The summed E-state index contributed by atoms with van der Waals surface area (Å²) >= 11 is 0. The van der Waals surface area contributed by atoms with Crippen molar-refractivity contribution in [2.75, 3.05) is 13.1 Å². The molecular weight excluding hydrogens is 393 g/mol. The largest absolute Gasteiger partial charge is 0.490 e. The molecule has 1 N–H and O–H groups in total. The van der Waals surface area contributed by atoms with Gasteiger partial charge in [0.05, 0.1) is 11.8 Å². The van der Waals surface area contributed by atoms with Gasteiger partial charge < -0.3 is 14.8 Å². The number of aromatic nitrogens is 2. The summed E-state index contributed by atoms with van der Waals surface area (Å²) in [5, 5.41) is 11.8. The normalized spacial score (nSPS) is 22.3. The molecule has 2 aliphatic rings. The van der Waals surface area contributed by atoms with Gasteiger partial charge in [0.25, 0.3) is 0 Å². The van der Waals surface area contributed by atoms with Crippen LogP contribution in [-0.2, 0) is 6.42 Å². The maximum Gasteiger partial charge on any atom is 0.234 e. The van der Waals surface area contributed by atoms with E-state index in [2.05, 4.69) is 34.6 Å². The van der Waals surface area contributed by atoms with E-state index in [1.54, 1.807) is 0 Å². The van der Waals surface area contributed by atoms with Crippen molar-refractivity contribution in [1.29, 1.82) is 0 Å². The van der Waals surface area contributed by atoms with Crippen LogP contribution in [-0.4, -0.2) is 41.7 Å². The number of alkyl halides is 1. The average Bonchev–Trinajstić information content (AvgIpc) is 2.81. The third-order valence-electron chi connectivity index (χ3n) is 6.26. The van der Waals surface area contributed by atoms with Crippen LogP contribution in [0.4, 0.5) is 4.39 Å². The Morgan fingerprint density at radius 1 is 1.03 bits per heavy atom. The molecule has 1 aliphatic heterocycles. The van der Waals surface area contributed by atoms with E-state index in [1.807, 2.05) is 18.2 Å². The quantitative estimate of drug-likeness (QED) is 0.621. The highest BCUT2D eigenvalue weighted by atomic mass is 19.1. The van der Waals surface area contributed by atoms with E-state index in [-0.39, 0.29) is 0 Å². The van der Waals surface area contributed by atoms with Crippen LogP contribution in [0.1, 0.15) is 64.0 Å². The lowest BCUT2D eigenvalue weighted by molar-refractivity contribution is 0.0685. The molecule has 168 valence electrons. The Hall–Kier alpha value is -2.21. The number of aryl methyl sites for hydroxylation is 1. The number of rotatable bonds is 8. The standard InChI is InChI=1S/C25H34FN3O2/c1-2-3-9-23-21(16-25(29-28-23)31-24-14-15-27-17-22(24)26)18-10-12-20(13-11-18)30-19-7-5-4-6-8-19/h10-13,16,19,22,24,27H,2-9,14-15,17H2,1H3. The summed E-state index contributed by atoms with van der Waals surface area (Å²) in [4.78, 5) is 0. The summed E-state index contributed by atoms with van der Waals surface area (Å²) in [7, 11) is 0. The lowest BCUT2D eigenvalue weighted by atomic mass is 9.97. The number of unbranched alkanes of at least 4 members (excludes halogenated alkanes) is 1. The lowest BCUT2D eigenvalue weighted by Crippen LogP contribution is -2.44. The van der Waals surface area contributed by atoms with Crippen LogP contribution in [0.5, 0.6) is 11.6 Å². The predicted octanol–water partition coefficient (Wildman–Crippen LogP) is 5.28. The summed E-state index contributed by atoms with van der Waals surface area (Å²) in [6, 6.07) is 10.2. The van der Waals surface area contributed by atoms with Crippen molar-refractivity contribution in [1.82, 2.24) is 15.5 Å². The van der Waals surface area contributed by atoms with Crippen LogP contribution >= 0.6 is 0 Å². The smallest absolute Gasteiger partial charge is 0.234 e. The summed E-state index contributed by atoms with van der Waals surface area (Å²) < 4.78 is 26.3. The maximum atomic E-state index is 14.2. The van der Waals surface area contributed by atoms with Gasteiger partial charge in [0.1, 0.15) is 18.0 Å². The van der Waals surface area contributed by atoms with E-state index in [9.17, 15) is 4.39 Å². The van der Waals surface area contributed by atoms with Gasteiger partial charge in [-0.2, -0.15) is 5.10 Å². The first-order chi connectivity index (χ1) is 15.2. The lowest BCUT2D eigenvalue weighted by Gasteiger charge is -2.27. The minimum atomic E-state index is -1.03. The molecule has 1 aliphatic carbocycles. The van der Waals surface area contributed by atoms with Gasteiger partial charge in [0.15, 0.2) is 0 Å². The molecular formula is C25H34FN3O2. The molecule has 4 rings (SSSR count). The molecule has 0 amide bonds. The highest BCUT2D eigenvalue weighted by Crippen LogP contribution is 2.30. The van der Waals surface area contributed by atoms with Gasteiger partial charge in [-0.25, -0.2) is 4.39 Å². The predicted molar refractivity (Wildman–Crippen MR) is 120 cm³/mol. The van der Waals surface area contributed by atoms with Crippen LogP contribution in [0.3, 0.4) is 0 Å². The molecule has 2 unspecified atom stereocenters. The fraction of sp³-hybridized carbons (Fsp3) is 0.600. The van der Waals surface area contributed by atoms with E-state index in [4.69, 9.17) is 9.47 Å². The van der Waals surface area contributed by atoms with Gasteiger partial charge in [-0.1, -0.05) is 31.9 Å². The fourth-order valence-electron chi connectivity index (χ4n) is 4.41. The van der Waals surface area contributed by atoms with Crippen molar-refractivity contribution < 1.29 is 13.9 Å². The number of hydrogen-bond acceptors (Lipinski definition) is 5. The zero-order valence-electron chi connectivity index (χ0n) is 18.5. The van der Waals surface area contributed by atoms with Crippen LogP contribution in [0.2, 0.25) is 0 Å². The molecule has 31 heavy (non-hydrogen) atoms. The first-order valence-corrected chi connectivity index (χ1v) is 11.9. The van der Waals surface area contributed by atoms with Crippen molar-refractivity contribution in [2.45, 2.75) is 83.1 Å². The molecule has 2 fully saturated rings. The molecule has 1 saturated carbocycles. The van der Waals surface area contributed by atoms with Crippen molar-refractivity contribution in [3.05, 3.63) is 36.0 Å². The van der Waals surface area contributed by atoms with Gasteiger partial charge in [-0.05, 0) is 69.2 Å². The zero-order chi connectivity index (χ0) is 21.5. The van der Waals surface area contributed by atoms with Crippen LogP contribution in [0.15, 0.2) is 30.3 Å². The van der Waals surface area contributed by atoms with Gasteiger partial charge >= 0.3 is 0 Å². The first-order valence-electron chi connectivity index (χ1n) is 11.9. The van der Waals surface area contributed by atoms with Crippen molar-refractivity contribution >= 4 is 0 Å². The number of benzene rings is 1. The molecule has 0 radical (unpaired) electrons. The molecule has 2 heterocycles. The zero-order valence-corrected chi connectivity index (χ0v) is 18.5. The molecule has 2 atom stereocenters. The highest BCUT2D eigenvalue weighted by Gasteiger charge is 2.27. The second-order valence-electron chi connectivity index (χ2n) is 8.71. The van der Waals surface area contributed by atoms with Crippen LogP contribution in [0, 0.1) is 0 Å². The Morgan fingerprint density at radius 2 is 1.84 bits per heavy atom. The highest BCUT2D eigenvalue weighted by molar-refractivity contribution is 5.67. The minimum Gasteiger partial charge on any atom is -0.490 e. The Labute approximate surface area is 184 Å². The van der Waals surface area contributed by atoms with Gasteiger partial charge in [-0.15, -0.1) is 5.10 Å². The van der Waals surface area contributed by atoms with E-state index in [0.29, 0.717) is 24.9 Å². The molecule has 2 aromatic rings. The van der Waals surface area contributed by atoms with E-state index < -0.39 is 12.3 Å². The molecule has 0 bridgehead atoms. The van der Waals surface area contributed by atoms with Crippen molar-refractivity contribution in [3.63, 3.8) is 0 Å². The number of piperidine rings is 1. The third kappa shape index (κ3) is 5.94. The summed E-state index contributed by atoms with van der Waals surface area (Å²) in [5.74, 6) is 1.31. The SMILES string of the molecule is CCCCc1nnc(OC2CCNCC2F)cc1-c1ccc(OC2CCCCC2)cc1. The molecule has 1 saturated heterocycles.